The summed E-state index contributed by atoms with van der Waals surface area (Å²) in [6.07, 6.45) is 3.22. The van der Waals surface area contributed by atoms with E-state index in [2.05, 4.69) is 31.3 Å². The Morgan fingerprint density at radius 2 is 2.12 bits per heavy atom. The van der Waals surface area contributed by atoms with Crippen LogP contribution in [0.5, 0.6) is 0 Å². The summed E-state index contributed by atoms with van der Waals surface area (Å²) in [5.74, 6) is 0.125. The van der Waals surface area contributed by atoms with Gasteiger partial charge in [-0.25, -0.2) is 14.1 Å². The maximum Gasteiger partial charge on any atom is 0.255 e. The van der Waals surface area contributed by atoms with E-state index in [1.165, 1.54) is 12.1 Å². The molecule has 0 aliphatic heterocycles. The normalized spacial score (nSPS) is 11.0. The zero-order chi connectivity index (χ0) is 18.7. The summed E-state index contributed by atoms with van der Waals surface area (Å²) in [4.78, 5) is 17.0. The fraction of sp³-hybridized carbons (Fsp3) is 0.211. The highest BCUT2D eigenvalue weighted by Crippen LogP contribution is 2.23. The van der Waals surface area contributed by atoms with Gasteiger partial charge < -0.3 is 5.32 Å². The molecule has 0 fully saturated rings. The molecule has 1 aromatic carbocycles. The van der Waals surface area contributed by atoms with Gasteiger partial charge in [0.2, 0.25) is 0 Å². The number of aromatic nitrogens is 3. The number of benzene rings is 1. The number of nitrogens with one attached hydrogen (secondary N) is 1. The number of halogens is 2. The lowest BCUT2D eigenvalue weighted by molar-refractivity contribution is 0.0949. The van der Waals surface area contributed by atoms with Gasteiger partial charge in [0.15, 0.2) is 5.82 Å². The Morgan fingerprint density at radius 1 is 1.31 bits per heavy atom. The Hall–Kier alpha value is -2.54. The maximum atomic E-state index is 13.4. The molecule has 26 heavy (non-hydrogen) atoms. The van der Waals surface area contributed by atoms with Crippen LogP contribution >= 0.6 is 15.9 Å². The summed E-state index contributed by atoms with van der Waals surface area (Å²) in [7, 11) is 0. The van der Waals surface area contributed by atoms with Crippen molar-refractivity contribution in [2.24, 2.45) is 0 Å². The van der Waals surface area contributed by atoms with Gasteiger partial charge in [-0.15, -0.1) is 0 Å². The molecule has 0 radical (unpaired) electrons. The predicted molar refractivity (Wildman–Crippen MR) is 101 cm³/mol. The molecular weight excluding hydrogens is 399 g/mol. The second-order valence-electron chi connectivity index (χ2n) is 6.12. The minimum Gasteiger partial charge on any atom is -0.348 e. The molecule has 0 atom stereocenters. The number of carbonyl (C=O) groups is 1. The number of rotatable bonds is 5. The minimum absolute atomic E-state index is 0.0705. The molecule has 3 aromatic rings. The smallest absolute Gasteiger partial charge is 0.255 e. The Balaban J connectivity index is 1.86. The van der Waals surface area contributed by atoms with E-state index in [1.807, 2.05) is 32.0 Å². The van der Waals surface area contributed by atoms with Crippen LogP contribution in [-0.2, 0) is 6.54 Å². The lowest BCUT2D eigenvalue weighted by Gasteiger charge is -2.12. The number of hydrogen-bond donors (Lipinski definition) is 1. The van der Waals surface area contributed by atoms with Crippen molar-refractivity contribution in [2.75, 3.05) is 0 Å². The molecule has 0 unspecified atom stereocenters. The first-order valence-electron chi connectivity index (χ1n) is 8.19. The summed E-state index contributed by atoms with van der Waals surface area (Å²) in [6, 6.07) is 9.91. The SMILES string of the molecule is CC(C)c1c(C(=O)NCc2cc(F)ccc2Br)cnn1-c1ccccn1. The molecule has 2 heterocycles. The van der Waals surface area contributed by atoms with Crippen molar-refractivity contribution >= 4 is 21.8 Å². The molecule has 2 aromatic heterocycles. The highest BCUT2D eigenvalue weighted by molar-refractivity contribution is 9.10. The van der Waals surface area contributed by atoms with Crippen molar-refractivity contribution < 1.29 is 9.18 Å². The molecule has 1 N–H and O–H groups in total. The van der Waals surface area contributed by atoms with Crippen LogP contribution in [-0.4, -0.2) is 20.7 Å². The van der Waals surface area contributed by atoms with Crippen LogP contribution in [0, 0.1) is 5.82 Å². The van der Waals surface area contributed by atoms with E-state index in [0.717, 1.165) is 10.2 Å². The van der Waals surface area contributed by atoms with Crippen LogP contribution < -0.4 is 5.32 Å². The van der Waals surface area contributed by atoms with Gasteiger partial charge in [0.25, 0.3) is 5.91 Å². The molecular formula is C19H18BrFN4O. The monoisotopic (exact) mass is 416 g/mol. The predicted octanol–water partition coefficient (Wildman–Crippen LogP) is 4.22. The van der Waals surface area contributed by atoms with Crippen LogP contribution in [0.2, 0.25) is 0 Å². The molecule has 3 rings (SSSR count). The highest BCUT2D eigenvalue weighted by Gasteiger charge is 2.21. The molecule has 0 saturated heterocycles. The molecule has 0 saturated carbocycles. The lowest BCUT2D eigenvalue weighted by Crippen LogP contribution is -2.24. The average molecular weight is 417 g/mol. The van der Waals surface area contributed by atoms with Gasteiger partial charge in [-0.1, -0.05) is 35.8 Å². The zero-order valence-electron chi connectivity index (χ0n) is 14.4. The van der Waals surface area contributed by atoms with Gasteiger partial charge in [0.05, 0.1) is 17.5 Å². The van der Waals surface area contributed by atoms with E-state index >= 15 is 0 Å². The largest absolute Gasteiger partial charge is 0.348 e. The van der Waals surface area contributed by atoms with Gasteiger partial charge >= 0.3 is 0 Å². The van der Waals surface area contributed by atoms with E-state index in [-0.39, 0.29) is 24.2 Å². The highest BCUT2D eigenvalue weighted by atomic mass is 79.9. The Bertz CT molecular complexity index is 925. The molecule has 0 aliphatic carbocycles. The van der Waals surface area contributed by atoms with Crippen molar-refractivity contribution in [3.8, 4) is 5.82 Å². The number of nitrogens with zero attached hydrogens (tertiary/aromatic N) is 3. The van der Waals surface area contributed by atoms with Crippen molar-refractivity contribution in [3.05, 3.63) is 75.9 Å². The minimum atomic E-state index is -0.344. The number of amides is 1. The van der Waals surface area contributed by atoms with Gasteiger partial charge in [0, 0.05) is 17.2 Å². The number of carbonyl (C=O) groups excluding carboxylic acids is 1. The van der Waals surface area contributed by atoms with E-state index in [1.54, 1.807) is 23.1 Å². The molecule has 0 aliphatic rings. The van der Waals surface area contributed by atoms with E-state index in [9.17, 15) is 9.18 Å². The Kier molecular flexibility index (Phi) is 5.46. The third kappa shape index (κ3) is 3.83. The Morgan fingerprint density at radius 3 is 2.81 bits per heavy atom. The van der Waals surface area contributed by atoms with Crippen molar-refractivity contribution in [3.63, 3.8) is 0 Å². The molecule has 1 amide bonds. The second-order valence-corrected chi connectivity index (χ2v) is 6.97. The quantitative estimate of drug-likeness (QED) is 0.676. The molecule has 0 bridgehead atoms. The molecule has 0 spiro atoms. The summed E-state index contributed by atoms with van der Waals surface area (Å²) in [5.41, 5.74) is 1.93. The van der Waals surface area contributed by atoms with Gasteiger partial charge in [-0.05, 0) is 41.8 Å². The van der Waals surface area contributed by atoms with E-state index < -0.39 is 0 Å². The van der Waals surface area contributed by atoms with Crippen molar-refractivity contribution in [2.45, 2.75) is 26.3 Å². The topological polar surface area (TPSA) is 59.8 Å². The molecule has 5 nitrogen and oxygen atoms in total. The van der Waals surface area contributed by atoms with Gasteiger partial charge in [-0.3, -0.25) is 4.79 Å². The zero-order valence-corrected chi connectivity index (χ0v) is 16.0. The van der Waals surface area contributed by atoms with Crippen LogP contribution in [0.15, 0.2) is 53.3 Å². The van der Waals surface area contributed by atoms with Crippen LogP contribution in [0.25, 0.3) is 5.82 Å². The first-order valence-corrected chi connectivity index (χ1v) is 8.98. The fourth-order valence-electron chi connectivity index (χ4n) is 2.70. The summed E-state index contributed by atoms with van der Waals surface area (Å²) < 4.78 is 15.8. The lowest BCUT2D eigenvalue weighted by atomic mass is 10.1. The fourth-order valence-corrected chi connectivity index (χ4v) is 3.09. The van der Waals surface area contributed by atoms with E-state index in [0.29, 0.717) is 16.9 Å². The van der Waals surface area contributed by atoms with Gasteiger partial charge in [0.1, 0.15) is 5.82 Å². The van der Waals surface area contributed by atoms with Crippen LogP contribution in [0.1, 0.15) is 41.4 Å². The third-order valence-corrected chi connectivity index (χ3v) is 4.69. The summed E-state index contributed by atoms with van der Waals surface area (Å²) >= 11 is 3.37. The van der Waals surface area contributed by atoms with E-state index in [4.69, 9.17) is 0 Å². The van der Waals surface area contributed by atoms with Crippen molar-refractivity contribution in [1.82, 2.24) is 20.1 Å². The number of hydrogen-bond acceptors (Lipinski definition) is 3. The Labute approximate surface area is 159 Å². The summed E-state index contributed by atoms with van der Waals surface area (Å²) in [6.45, 7) is 4.20. The van der Waals surface area contributed by atoms with Crippen LogP contribution in [0.3, 0.4) is 0 Å². The van der Waals surface area contributed by atoms with Crippen LogP contribution in [0.4, 0.5) is 4.39 Å². The molecule has 134 valence electrons. The van der Waals surface area contributed by atoms with Gasteiger partial charge in [-0.2, -0.15) is 5.10 Å². The summed E-state index contributed by atoms with van der Waals surface area (Å²) in [5, 5.41) is 7.17. The molecule has 7 heteroatoms. The van der Waals surface area contributed by atoms with Crippen molar-refractivity contribution in [1.29, 1.82) is 0 Å². The average Bonchev–Trinajstić information content (AvgIpc) is 3.08. The second kappa shape index (κ2) is 7.78. The first-order chi connectivity index (χ1) is 12.5. The third-order valence-electron chi connectivity index (χ3n) is 3.91. The standard InChI is InChI=1S/C19H18BrFN4O/c1-12(2)18-15(11-24-25(18)17-5-3-4-8-22-17)19(26)23-10-13-9-14(21)6-7-16(13)20/h3-9,11-12H,10H2,1-2H3,(H,23,26). The maximum absolute atomic E-state index is 13.4. The number of pyridine rings is 1. The first kappa shape index (κ1) is 18.3.